The van der Waals surface area contributed by atoms with Crippen molar-refractivity contribution < 1.29 is 0 Å². The van der Waals surface area contributed by atoms with Crippen molar-refractivity contribution >= 4 is 21.8 Å². The molecular formula is C20H12N. The number of fused-ring (bicyclic) bond motifs is 3. The summed E-state index contributed by atoms with van der Waals surface area (Å²) in [6.07, 6.45) is 5.48. The highest BCUT2D eigenvalue weighted by Gasteiger charge is 2.09. The Morgan fingerprint density at radius 1 is 0.952 bits per heavy atom. The summed E-state index contributed by atoms with van der Waals surface area (Å²) in [6, 6.07) is 23.7. The Morgan fingerprint density at radius 2 is 1.81 bits per heavy atom. The van der Waals surface area contributed by atoms with Crippen molar-refractivity contribution in [3.8, 4) is 23.5 Å². The Balaban J connectivity index is 2.07. The molecule has 0 amide bonds. The van der Waals surface area contributed by atoms with Gasteiger partial charge in [-0.05, 0) is 23.8 Å². The third-order valence-corrected chi connectivity index (χ3v) is 3.81. The summed E-state index contributed by atoms with van der Waals surface area (Å²) in [7, 11) is 0. The normalized spacial score (nSPS) is 10.8. The summed E-state index contributed by atoms with van der Waals surface area (Å²) < 4.78 is 0. The number of terminal acetylenes is 1. The Hall–Kier alpha value is -2.98. The molecule has 0 aliphatic rings. The van der Waals surface area contributed by atoms with E-state index in [2.05, 4.69) is 53.4 Å². The van der Waals surface area contributed by atoms with Crippen molar-refractivity contribution in [2.75, 3.05) is 0 Å². The van der Waals surface area contributed by atoms with E-state index in [1.165, 1.54) is 10.8 Å². The lowest BCUT2D eigenvalue weighted by atomic mass is 10.0. The summed E-state index contributed by atoms with van der Waals surface area (Å²) >= 11 is 0. The van der Waals surface area contributed by atoms with E-state index in [0.29, 0.717) is 0 Å². The van der Waals surface area contributed by atoms with E-state index in [0.717, 1.165) is 27.7 Å². The van der Waals surface area contributed by atoms with Crippen LogP contribution in [-0.2, 0) is 0 Å². The average molecular weight is 266 g/mol. The second kappa shape index (κ2) is 4.54. The van der Waals surface area contributed by atoms with Gasteiger partial charge in [-0.25, -0.2) is 0 Å². The van der Waals surface area contributed by atoms with Gasteiger partial charge < -0.3 is 4.98 Å². The molecular weight excluding hydrogens is 254 g/mol. The lowest BCUT2D eigenvalue weighted by molar-refractivity contribution is 1.53. The molecule has 21 heavy (non-hydrogen) atoms. The monoisotopic (exact) mass is 266 g/mol. The van der Waals surface area contributed by atoms with Crippen LogP contribution in [0.1, 0.15) is 5.56 Å². The number of aromatic nitrogens is 1. The minimum Gasteiger partial charge on any atom is -0.354 e. The molecule has 1 radical (unpaired) electrons. The fourth-order valence-electron chi connectivity index (χ4n) is 2.83. The lowest BCUT2D eigenvalue weighted by Crippen LogP contribution is -1.82. The second-order valence-corrected chi connectivity index (χ2v) is 5.03. The third-order valence-electron chi connectivity index (χ3n) is 3.81. The summed E-state index contributed by atoms with van der Waals surface area (Å²) in [5.74, 6) is 2.65. The molecule has 0 spiro atoms. The molecule has 4 rings (SSSR count). The van der Waals surface area contributed by atoms with Gasteiger partial charge in [0, 0.05) is 27.4 Å². The topological polar surface area (TPSA) is 15.8 Å². The van der Waals surface area contributed by atoms with Crippen LogP contribution >= 0.6 is 0 Å². The summed E-state index contributed by atoms with van der Waals surface area (Å²) in [4.78, 5) is 3.52. The molecule has 0 aliphatic carbocycles. The first-order valence-electron chi connectivity index (χ1n) is 6.85. The Morgan fingerprint density at radius 3 is 2.71 bits per heavy atom. The van der Waals surface area contributed by atoms with Crippen LogP contribution in [0.25, 0.3) is 32.9 Å². The second-order valence-electron chi connectivity index (χ2n) is 5.03. The number of rotatable bonds is 1. The predicted molar refractivity (Wildman–Crippen MR) is 88.0 cm³/mol. The van der Waals surface area contributed by atoms with E-state index in [9.17, 15) is 0 Å². The first-order valence-corrected chi connectivity index (χ1v) is 6.85. The Bertz CT molecular complexity index is 999. The number of aromatic amines is 1. The SMILES string of the molecule is C#Cc1[c]ccc(-c2cccc3c2[nH]c2ccccc23)c1. The highest BCUT2D eigenvalue weighted by atomic mass is 14.7. The summed E-state index contributed by atoms with van der Waals surface area (Å²) in [5, 5.41) is 2.48. The van der Waals surface area contributed by atoms with Crippen LogP contribution in [0, 0.1) is 18.4 Å². The van der Waals surface area contributed by atoms with Gasteiger partial charge >= 0.3 is 0 Å². The largest absolute Gasteiger partial charge is 0.354 e. The molecule has 1 heterocycles. The average Bonchev–Trinajstić information content (AvgIpc) is 2.93. The van der Waals surface area contributed by atoms with Crippen molar-refractivity contribution in [3.63, 3.8) is 0 Å². The zero-order chi connectivity index (χ0) is 14.2. The number of hydrogen-bond acceptors (Lipinski definition) is 0. The molecule has 0 saturated heterocycles. The van der Waals surface area contributed by atoms with Gasteiger partial charge in [-0.3, -0.25) is 0 Å². The number of H-pyrrole nitrogens is 1. The highest BCUT2D eigenvalue weighted by molar-refractivity contribution is 6.11. The van der Waals surface area contributed by atoms with E-state index in [-0.39, 0.29) is 0 Å². The molecule has 0 unspecified atom stereocenters. The maximum Gasteiger partial charge on any atom is 0.0544 e. The molecule has 1 aromatic heterocycles. The molecule has 0 fully saturated rings. The molecule has 0 aliphatic heterocycles. The van der Waals surface area contributed by atoms with Crippen molar-refractivity contribution in [1.82, 2.24) is 4.98 Å². The van der Waals surface area contributed by atoms with E-state index >= 15 is 0 Å². The summed E-state index contributed by atoms with van der Waals surface area (Å²) in [5.41, 5.74) is 5.35. The third kappa shape index (κ3) is 1.81. The number of nitrogens with one attached hydrogen (secondary N) is 1. The first-order chi connectivity index (χ1) is 10.4. The van der Waals surface area contributed by atoms with Crippen LogP contribution in [0.2, 0.25) is 0 Å². The predicted octanol–water partition coefficient (Wildman–Crippen LogP) is 4.77. The maximum atomic E-state index is 5.48. The Labute approximate surface area is 123 Å². The number of benzene rings is 3. The Kier molecular flexibility index (Phi) is 2.55. The molecule has 3 aromatic carbocycles. The van der Waals surface area contributed by atoms with Crippen molar-refractivity contribution in [2.24, 2.45) is 0 Å². The minimum atomic E-state index is 0.778. The zero-order valence-electron chi connectivity index (χ0n) is 11.4. The molecule has 0 atom stereocenters. The standard InChI is InChI=1S/C20H12N/c1-2-14-7-5-8-15(13-14)16-10-6-11-18-17-9-3-4-12-19(17)21-20(16)18/h1,3-6,8-13,21H. The van der Waals surface area contributed by atoms with Gasteiger partial charge in [-0.2, -0.15) is 0 Å². The maximum absolute atomic E-state index is 5.48. The molecule has 97 valence electrons. The van der Waals surface area contributed by atoms with Gasteiger partial charge in [-0.15, -0.1) is 6.42 Å². The van der Waals surface area contributed by atoms with Crippen LogP contribution in [0.15, 0.2) is 60.7 Å². The van der Waals surface area contributed by atoms with Gasteiger partial charge in [0.1, 0.15) is 0 Å². The van der Waals surface area contributed by atoms with Crippen LogP contribution in [-0.4, -0.2) is 4.98 Å². The highest BCUT2D eigenvalue weighted by Crippen LogP contribution is 2.33. The van der Waals surface area contributed by atoms with Crippen LogP contribution in [0.5, 0.6) is 0 Å². The number of para-hydroxylation sites is 2. The molecule has 4 aromatic rings. The molecule has 1 N–H and O–H groups in total. The molecule has 0 saturated carbocycles. The van der Waals surface area contributed by atoms with Gasteiger partial charge in [0.05, 0.1) is 5.52 Å². The molecule has 0 bridgehead atoms. The van der Waals surface area contributed by atoms with Gasteiger partial charge in [-0.1, -0.05) is 54.5 Å². The van der Waals surface area contributed by atoms with E-state index in [4.69, 9.17) is 6.42 Å². The lowest BCUT2D eigenvalue weighted by Gasteiger charge is -2.04. The van der Waals surface area contributed by atoms with Crippen molar-refractivity contribution in [2.45, 2.75) is 0 Å². The molecule has 1 heteroatoms. The van der Waals surface area contributed by atoms with Crippen LogP contribution in [0.4, 0.5) is 0 Å². The summed E-state index contributed by atoms with van der Waals surface area (Å²) in [6.45, 7) is 0. The molecule has 1 nitrogen and oxygen atoms in total. The van der Waals surface area contributed by atoms with Crippen molar-refractivity contribution in [3.05, 3.63) is 72.3 Å². The fraction of sp³-hybridized carbons (Fsp3) is 0. The van der Waals surface area contributed by atoms with E-state index in [1.54, 1.807) is 0 Å². The number of hydrogen-bond donors (Lipinski definition) is 1. The zero-order valence-corrected chi connectivity index (χ0v) is 11.4. The smallest absolute Gasteiger partial charge is 0.0544 e. The van der Waals surface area contributed by atoms with Crippen molar-refractivity contribution in [1.29, 1.82) is 0 Å². The van der Waals surface area contributed by atoms with Gasteiger partial charge in [0.15, 0.2) is 0 Å². The van der Waals surface area contributed by atoms with Gasteiger partial charge in [0.2, 0.25) is 0 Å². The van der Waals surface area contributed by atoms with Crippen LogP contribution < -0.4 is 0 Å². The van der Waals surface area contributed by atoms with E-state index in [1.807, 2.05) is 24.3 Å². The van der Waals surface area contributed by atoms with Crippen LogP contribution in [0.3, 0.4) is 0 Å². The van der Waals surface area contributed by atoms with E-state index < -0.39 is 0 Å². The minimum absolute atomic E-state index is 0.778. The first kappa shape index (κ1) is 11.8. The van der Waals surface area contributed by atoms with Gasteiger partial charge in [0.25, 0.3) is 0 Å². The quantitative estimate of drug-likeness (QED) is 0.478. The fourth-order valence-corrected chi connectivity index (χ4v) is 2.83.